The van der Waals surface area contributed by atoms with Gasteiger partial charge in [-0.15, -0.1) is 0 Å². The molecular formula is C15H28N4O. The number of carbonyl (C=O) groups excluding carboxylic acids is 1. The molecule has 0 radical (unpaired) electrons. The molecule has 0 saturated heterocycles. The van der Waals surface area contributed by atoms with E-state index in [1.54, 1.807) is 0 Å². The Balaban J connectivity index is 2.40. The Morgan fingerprint density at radius 2 is 1.95 bits per heavy atom. The molecule has 5 nitrogen and oxygen atoms in total. The van der Waals surface area contributed by atoms with Crippen molar-refractivity contribution < 1.29 is 4.79 Å². The zero-order valence-electron chi connectivity index (χ0n) is 13.6. The van der Waals surface area contributed by atoms with Gasteiger partial charge in [0.2, 0.25) is 5.91 Å². The first-order chi connectivity index (χ1) is 9.32. The van der Waals surface area contributed by atoms with Crippen LogP contribution in [0.4, 0.5) is 0 Å². The minimum Gasteiger partial charge on any atom is -0.356 e. The molecular weight excluding hydrogens is 252 g/mol. The lowest BCUT2D eigenvalue weighted by Gasteiger charge is -2.15. The van der Waals surface area contributed by atoms with Gasteiger partial charge in [0.05, 0.1) is 5.69 Å². The number of nitrogens with one attached hydrogen (secondary N) is 2. The van der Waals surface area contributed by atoms with Gasteiger partial charge >= 0.3 is 0 Å². The number of amides is 1. The maximum absolute atomic E-state index is 11.6. The molecule has 0 aliphatic rings. The Hall–Kier alpha value is -1.36. The standard InChI is InChI=1S/C15H28N4O/c1-10(2)9-17-14(20)7-8-16-11(3)15-12(4)18-19(6)13(15)5/h10-11,16H,7-9H2,1-6H3,(H,17,20). The Kier molecular flexibility index (Phi) is 6.20. The first-order valence-corrected chi connectivity index (χ1v) is 7.33. The summed E-state index contributed by atoms with van der Waals surface area (Å²) in [5.41, 5.74) is 3.45. The first-order valence-electron chi connectivity index (χ1n) is 7.33. The van der Waals surface area contributed by atoms with Crippen LogP contribution in [-0.4, -0.2) is 28.8 Å². The number of nitrogens with zero attached hydrogens (tertiary/aromatic N) is 2. The zero-order valence-corrected chi connectivity index (χ0v) is 13.6. The van der Waals surface area contributed by atoms with Crippen molar-refractivity contribution in [2.75, 3.05) is 13.1 Å². The van der Waals surface area contributed by atoms with Gasteiger partial charge in [0.1, 0.15) is 0 Å². The van der Waals surface area contributed by atoms with E-state index in [-0.39, 0.29) is 11.9 Å². The minimum atomic E-state index is 0.109. The van der Waals surface area contributed by atoms with Crippen molar-refractivity contribution in [3.05, 3.63) is 17.0 Å². The smallest absolute Gasteiger partial charge is 0.221 e. The van der Waals surface area contributed by atoms with E-state index >= 15 is 0 Å². The van der Waals surface area contributed by atoms with Crippen molar-refractivity contribution in [2.45, 2.75) is 47.1 Å². The highest BCUT2D eigenvalue weighted by atomic mass is 16.1. The highest BCUT2D eigenvalue weighted by Gasteiger charge is 2.15. The molecule has 0 spiro atoms. The topological polar surface area (TPSA) is 59.0 Å². The summed E-state index contributed by atoms with van der Waals surface area (Å²) >= 11 is 0. The third-order valence-electron chi connectivity index (χ3n) is 3.51. The van der Waals surface area contributed by atoms with Crippen LogP contribution in [0.15, 0.2) is 0 Å². The monoisotopic (exact) mass is 280 g/mol. The highest BCUT2D eigenvalue weighted by Crippen LogP contribution is 2.20. The Labute approximate surface area is 122 Å². The molecule has 1 aromatic rings. The number of carbonyl (C=O) groups is 1. The van der Waals surface area contributed by atoms with E-state index in [1.165, 1.54) is 11.3 Å². The maximum atomic E-state index is 11.6. The van der Waals surface area contributed by atoms with Gasteiger partial charge in [-0.2, -0.15) is 5.10 Å². The van der Waals surface area contributed by atoms with Crippen molar-refractivity contribution >= 4 is 5.91 Å². The molecule has 1 rings (SSSR count). The summed E-state index contributed by atoms with van der Waals surface area (Å²) in [4.78, 5) is 11.6. The molecule has 1 atom stereocenters. The van der Waals surface area contributed by atoms with Crippen LogP contribution < -0.4 is 10.6 Å². The highest BCUT2D eigenvalue weighted by molar-refractivity contribution is 5.76. The van der Waals surface area contributed by atoms with Crippen molar-refractivity contribution in [1.29, 1.82) is 0 Å². The molecule has 0 aliphatic carbocycles. The predicted molar refractivity (Wildman–Crippen MR) is 81.6 cm³/mol. The molecule has 20 heavy (non-hydrogen) atoms. The summed E-state index contributed by atoms with van der Waals surface area (Å²) in [6.07, 6.45) is 0.509. The lowest BCUT2D eigenvalue weighted by Crippen LogP contribution is -2.31. The van der Waals surface area contributed by atoms with E-state index in [0.29, 0.717) is 18.9 Å². The number of aryl methyl sites for hydroxylation is 2. The number of hydrogen-bond acceptors (Lipinski definition) is 3. The molecule has 1 heterocycles. The summed E-state index contributed by atoms with van der Waals surface area (Å²) in [6.45, 7) is 11.8. The molecule has 0 aromatic carbocycles. The van der Waals surface area contributed by atoms with Gasteiger partial charge in [0, 0.05) is 43.9 Å². The first kappa shape index (κ1) is 16.7. The van der Waals surface area contributed by atoms with Gasteiger partial charge in [-0.1, -0.05) is 13.8 Å². The van der Waals surface area contributed by atoms with Crippen LogP contribution in [0.2, 0.25) is 0 Å². The maximum Gasteiger partial charge on any atom is 0.221 e. The summed E-state index contributed by atoms with van der Waals surface area (Å²) in [7, 11) is 1.96. The van der Waals surface area contributed by atoms with Crippen LogP contribution in [0.3, 0.4) is 0 Å². The quantitative estimate of drug-likeness (QED) is 0.801. The van der Waals surface area contributed by atoms with Crippen LogP contribution in [0, 0.1) is 19.8 Å². The summed E-state index contributed by atoms with van der Waals surface area (Å²) in [5.74, 6) is 0.601. The molecule has 0 aliphatic heterocycles. The summed E-state index contributed by atoms with van der Waals surface area (Å²) in [5, 5.41) is 10.7. The van der Waals surface area contributed by atoms with E-state index in [4.69, 9.17) is 0 Å². The van der Waals surface area contributed by atoms with Crippen molar-refractivity contribution in [1.82, 2.24) is 20.4 Å². The van der Waals surface area contributed by atoms with E-state index < -0.39 is 0 Å². The predicted octanol–water partition coefficient (Wildman–Crippen LogP) is 1.85. The van der Waals surface area contributed by atoms with Gasteiger partial charge in [-0.25, -0.2) is 0 Å². The molecule has 5 heteroatoms. The number of aromatic nitrogens is 2. The number of hydrogen-bond donors (Lipinski definition) is 2. The summed E-state index contributed by atoms with van der Waals surface area (Å²) in [6, 6.07) is 0.210. The van der Waals surface area contributed by atoms with Crippen LogP contribution in [0.5, 0.6) is 0 Å². The minimum absolute atomic E-state index is 0.109. The normalized spacial score (nSPS) is 12.8. The Bertz CT molecular complexity index is 451. The average molecular weight is 280 g/mol. The lowest BCUT2D eigenvalue weighted by molar-refractivity contribution is -0.121. The SMILES string of the molecule is Cc1nn(C)c(C)c1C(C)NCCC(=O)NCC(C)C. The van der Waals surface area contributed by atoms with Gasteiger partial charge in [-0.3, -0.25) is 9.48 Å². The molecule has 0 fully saturated rings. The Morgan fingerprint density at radius 3 is 2.45 bits per heavy atom. The number of rotatable bonds is 7. The van der Waals surface area contributed by atoms with Crippen molar-refractivity contribution in [3.63, 3.8) is 0 Å². The molecule has 1 unspecified atom stereocenters. The molecule has 0 bridgehead atoms. The van der Waals surface area contributed by atoms with E-state index in [1.807, 2.05) is 18.7 Å². The molecule has 0 saturated carbocycles. The summed E-state index contributed by atoms with van der Waals surface area (Å²) < 4.78 is 1.90. The van der Waals surface area contributed by atoms with E-state index in [0.717, 1.165) is 12.2 Å². The largest absolute Gasteiger partial charge is 0.356 e. The average Bonchev–Trinajstić information content (AvgIpc) is 2.60. The molecule has 2 N–H and O–H groups in total. The van der Waals surface area contributed by atoms with Gasteiger partial charge in [0.15, 0.2) is 0 Å². The zero-order chi connectivity index (χ0) is 15.3. The second-order valence-electron chi connectivity index (χ2n) is 5.83. The van der Waals surface area contributed by atoms with Gasteiger partial charge < -0.3 is 10.6 Å². The lowest BCUT2D eigenvalue weighted by atomic mass is 10.1. The van der Waals surface area contributed by atoms with E-state index in [2.05, 4.69) is 43.4 Å². The van der Waals surface area contributed by atoms with Gasteiger partial charge in [-0.05, 0) is 26.7 Å². The van der Waals surface area contributed by atoms with Crippen LogP contribution in [-0.2, 0) is 11.8 Å². The fourth-order valence-electron chi connectivity index (χ4n) is 2.33. The fourth-order valence-corrected chi connectivity index (χ4v) is 2.33. The fraction of sp³-hybridized carbons (Fsp3) is 0.733. The van der Waals surface area contributed by atoms with Crippen molar-refractivity contribution in [3.8, 4) is 0 Å². The van der Waals surface area contributed by atoms with E-state index in [9.17, 15) is 4.79 Å². The molecule has 1 amide bonds. The second-order valence-corrected chi connectivity index (χ2v) is 5.83. The van der Waals surface area contributed by atoms with Crippen molar-refractivity contribution in [2.24, 2.45) is 13.0 Å². The van der Waals surface area contributed by atoms with Crippen LogP contribution in [0.1, 0.15) is 50.2 Å². The van der Waals surface area contributed by atoms with Gasteiger partial charge in [0.25, 0.3) is 0 Å². The third kappa shape index (κ3) is 4.63. The Morgan fingerprint density at radius 1 is 1.30 bits per heavy atom. The van der Waals surface area contributed by atoms with Crippen LogP contribution in [0.25, 0.3) is 0 Å². The van der Waals surface area contributed by atoms with Crippen LogP contribution >= 0.6 is 0 Å². The second kappa shape index (κ2) is 7.43. The molecule has 1 aromatic heterocycles. The third-order valence-corrected chi connectivity index (χ3v) is 3.51. The molecule has 114 valence electrons.